The van der Waals surface area contributed by atoms with E-state index in [-0.39, 0.29) is 17.2 Å². The summed E-state index contributed by atoms with van der Waals surface area (Å²) < 4.78 is 29.4. The first-order valence-electron chi connectivity index (χ1n) is 10.8. The molecule has 1 aliphatic rings. The van der Waals surface area contributed by atoms with Gasteiger partial charge in [-0.05, 0) is 61.9 Å². The van der Waals surface area contributed by atoms with Crippen molar-refractivity contribution in [1.82, 2.24) is 19.6 Å². The number of H-pyrrole nitrogens is 1. The highest BCUT2D eigenvalue weighted by molar-refractivity contribution is 7.89. The van der Waals surface area contributed by atoms with Crippen LogP contribution in [0.4, 0.5) is 0 Å². The van der Waals surface area contributed by atoms with Gasteiger partial charge in [-0.1, -0.05) is 24.6 Å². The summed E-state index contributed by atoms with van der Waals surface area (Å²) in [5.74, 6) is 0.362. The molecule has 1 aliphatic heterocycles. The lowest BCUT2D eigenvalue weighted by molar-refractivity contribution is -0.134. The molecule has 2 aromatic heterocycles. The van der Waals surface area contributed by atoms with Crippen molar-refractivity contribution >= 4 is 38.4 Å². The number of hydrogen-bond acceptors (Lipinski definition) is 4. The van der Waals surface area contributed by atoms with Gasteiger partial charge in [0.2, 0.25) is 15.9 Å². The highest BCUT2D eigenvalue weighted by Gasteiger charge is 2.31. The number of rotatable bonds is 7. The largest absolute Gasteiger partial charge is 0.361 e. The Labute approximate surface area is 193 Å². The highest BCUT2D eigenvalue weighted by atomic mass is 35.5. The van der Waals surface area contributed by atoms with Gasteiger partial charge in [-0.15, -0.1) is 0 Å². The number of aryl methyl sites for hydroxylation is 1. The summed E-state index contributed by atoms with van der Waals surface area (Å²) in [5.41, 5.74) is 1.37. The Kier molecular flexibility index (Phi) is 6.83. The van der Waals surface area contributed by atoms with Crippen LogP contribution in [0.25, 0.3) is 10.9 Å². The molecule has 3 aromatic rings. The summed E-state index contributed by atoms with van der Waals surface area (Å²) in [4.78, 5) is 22.6. The van der Waals surface area contributed by atoms with E-state index < -0.39 is 16.1 Å². The molecule has 0 bridgehead atoms. The monoisotopic (exact) mass is 474 g/mol. The SMILES string of the molecule is CC1CCN(C(=O)C(CCc2ncccc2Cl)NS(=O)(=O)c2cccc3[nH]ccc23)CC1. The molecule has 9 heteroatoms. The van der Waals surface area contributed by atoms with E-state index in [2.05, 4.69) is 21.6 Å². The Hall–Kier alpha value is -2.42. The van der Waals surface area contributed by atoms with Crippen molar-refractivity contribution in [1.29, 1.82) is 0 Å². The maximum Gasteiger partial charge on any atom is 0.241 e. The molecule has 1 amide bonds. The number of hydrogen-bond donors (Lipinski definition) is 2. The first-order chi connectivity index (χ1) is 15.3. The molecule has 7 nitrogen and oxygen atoms in total. The Bertz CT molecular complexity index is 1200. The summed E-state index contributed by atoms with van der Waals surface area (Å²) in [6, 6.07) is 9.35. The van der Waals surface area contributed by atoms with Crippen LogP contribution in [-0.4, -0.2) is 48.3 Å². The fourth-order valence-corrected chi connectivity index (χ4v) is 5.77. The highest BCUT2D eigenvalue weighted by Crippen LogP contribution is 2.24. The van der Waals surface area contributed by atoms with Gasteiger partial charge >= 0.3 is 0 Å². The normalized spacial score (nSPS) is 16.4. The number of carbonyl (C=O) groups is 1. The lowest BCUT2D eigenvalue weighted by atomic mass is 9.98. The average Bonchev–Trinajstić information content (AvgIpc) is 3.26. The van der Waals surface area contributed by atoms with Crippen LogP contribution in [0.2, 0.25) is 5.02 Å². The quantitative estimate of drug-likeness (QED) is 0.545. The fraction of sp³-hybridized carbons (Fsp3) is 0.391. The van der Waals surface area contributed by atoms with Crippen LogP contribution in [0, 0.1) is 5.92 Å². The number of carbonyl (C=O) groups excluding carboxylic acids is 1. The van der Waals surface area contributed by atoms with Crippen molar-refractivity contribution in [2.24, 2.45) is 5.92 Å². The Morgan fingerprint density at radius 1 is 1.25 bits per heavy atom. The van der Waals surface area contributed by atoms with Crippen LogP contribution in [0.15, 0.2) is 53.7 Å². The summed E-state index contributed by atoms with van der Waals surface area (Å²) in [5, 5.41) is 1.09. The lowest BCUT2D eigenvalue weighted by Gasteiger charge is -2.33. The third kappa shape index (κ3) is 4.98. The van der Waals surface area contributed by atoms with Crippen LogP contribution in [0.1, 0.15) is 31.9 Å². The second-order valence-electron chi connectivity index (χ2n) is 8.35. The second-order valence-corrected chi connectivity index (χ2v) is 10.4. The van der Waals surface area contributed by atoms with Crippen LogP contribution in [0.3, 0.4) is 0 Å². The van der Waals surface area contributed by atoms with Crippen LogP contribution in [-0.2, 0) is 21.2 Å². The molecule has 1 atom stereocenters. The van der Waals surface area contributed by atoms with Gasteiger partial charge in [0.05, 0.1) is 15.6 Å². The maximum atomic E-state index is 13.4. The van der Waals surface area contributed by atoms with Crippen LogP contribution >= 0.6 is 11.6 Å². The zero-order chi connectivity index (χ0) is 22.7. The number of likely N-dealkylation sites (tertiary alicyclic amines) is 1. The summed E-state index contributed by atoms with van der Waals surface area (Å²) in [6.45, 7) is 3.44. The van der Waals surface area contributed by atoms with Gasteiger partial charge in [0.25, 0.3) is 0 Å². The Morgan fingerprint density at radius 3 is 2.78 bits per heavy atom. The van der Waals surface area contributed by atoms with Crippen LogP contribution < -0.4 is 4.72 Å². The fourth-order valence-electron chi connectivity index (χ4n) is 4.11. The lowest BCUT2D eigenvalue weighted by Crippen LogP contribution is -2.50. The van der Waals surface area contributed by atoms with Gasteiger partial charge in [0, 0.05) is 36.4 Å². The zero-order valence-corrected chi connectivity index (χ0v) is 19.5. The second kappa shape index (κ2) is 9.60. The maximum absolute atomic E-state index is 13.4. The first kappa shape index (κ1) is 22.8. The predicted octanol–water partition coefficient (Wildman–Crippen LogP) is 3.75. The van der Waals surface area contributed by atoms with Gasteiger partial charge in [0.15, 0.2) is 0 Å². The van der Waals surface area contributed by atoms with Gasteiger partial charge < -0.3 is 9.88 Å². The standard InChI is InChI=1S/C23H27ClN4O3S/c1-16-10-14-28(15-11-16)23(29)21(8-7-20-18(24)4-3-12-25-20)27-32(30,31)22-6-2-5-19-17(22)9-13-26-19/h2-6,9,12-13,16,21,26-27H,7-8,10-11,14-15H2,1H3. The number of aromatic amines is 1. The molecule has 4 rings (SSSR count). The molecular formula is C23H27ClN4O3S. The zero-order valence-electron chi connectivity index (χ0n) is 17.9. The van der Waals surface area contributed by atoms with E-state index in [0.717, 1.165) is 18.4 Å². The van der Waals surface area contributed by atoms with E-state index in [1.54, 1.807) is 47.6 Å². The van der Waals surface area contributed by atoms with E-state index in [0.29, 0.717) is 41.5 Å². The third-order valence-electron chi connectivity index (χ3n) is 6.04. The van der Waals surface area contributed by atoms with Crippen LogP contribution in [0.5, 0.6) is 0 Å². The summed E-state index contributed by atoms with van der Waals surface area (Å²) in [6.07, 6.45) is 5.83. The van der Waals surface area contributed by atoms with Crippen molar-refractivity contribution in [2.45, 2.75) is 43.5 Å². The molecular weight excluding hydrogens is 448 g/mol. The first-order valence-corrected chi connectivity index (χ1v) is 12.7. The minimum Gasteiger partial charge on any atom is -0.361 e. The predicted molar refractivity (Wildman–Crippen MR) is 125 cm³/mol. The van der Waals surface area contributed by atoms with Gasteiger partial charge in [-0.2, -0.15) is 4.72 Å². The number of aromatic nitrogens is 2. The van der Waals surface area contributed by atoms with Crippen molar-refractivity contribution in [3.63, 3.8) is 0 Å². The van der Waals surface area contributed by atoms with E-state index >= 15 is 0 Å². The van der Waals surface area contributed by atoms with Crippen molar-refractivity contribution in [3.8, 4) is 0 Å². The molecule has 0 saturated carbocycles. The molecule has 0 aliphatic carbocycles. The molecule has 2 N–H and O–H groups in total. The molecule has 1 fully saturated rings. The molecule has 1 saturated heterocycles. The molecule has 32 heavy (non-hydrogen) atoms. The van der Waals surface area contributed by atoms with E-state index in [9.17, 15) is 13.2 Å². The van der Waals surface area contributed by atoms with E-state index in [4.69, 9.17) is 11.6 Å². The van der Waals surface area contributed by atoms with E-state index in [1.165, 1.54) is 0 Å². The van der Waals surface area contributed by atoms with Crippen molar-refractivity contribution in [2.75, 3.05) is 13.1 Å². The smallest absolute Gasteiger partial charge is 0.241 e. The number of piperidine rings is 1. The summed E-state index contributed by atoms with van der Waals surface area (Å²) >= 11 is 6.23. The molecule has 170 valence electrons. The third-order valence-corrected chi connectivity index (χ3v) is 7.91. The number of nitrogens with one attached hydrogen (secondary N) is 2. The Balaban J connectivity index is 1.59. The minimum absolute atomic E-state index is 0.150. The molecule has 1 unspecified atom stereocenters. The average molecular weight is 475 g/mol. The van der Waals surface area contributed by atoms with E-state index in [1.807, 2.05) is 6.07 Å². The van der Waals surface area contributed by atoms with Gasteiger partial charge in [-0.3, -0.25) is 9.78 Å². The number of fused-ring (bicyclic) bond motifs is 1. The van der Waals surface area contributed by atoms with Crippen molar-refractivity contribution in [3.05, 3.63) is 59.5 Å². The Morgan fingerprint density at radius 2 is 2.03 bits per heavy atom. The number of benzene rings is 1. The van der Waals surface area contributed by atoms with Gasteiger partial charge in [0.1, 0.15) is 6.04 Å². The number of amides is 1. The summed E-state index contributed by atoms with van der Waals surface area (Å²) in [7, 11) is -3.94. The molecule has 1 aromatic carbocycles. The molecule has 3 heterocycles. The number of sulfonamides is 1. The molecule has 0 radical (unpaired) electrons. The minimum atomic E-state index is -3.94. The van der Waals surface area contributed by atoms with Gasteiger partial charge in [-0.25, -0.2) is 8.42 Å². The molecule has 0 spiro atoms. The van der Waals surface area contributed by atoms with Crippen molar-refractivity contribution < 1.29 is 13.2 Å². The topological polar surface area (TPSA) is 95.2 Å². The number of pyridine rings is 1. The number of nitrogens with zero attached hydrogens (tertiary/aromatic N) is 2. The number of halogens is 1.